The zero-order valence-corrected chi connectivity index (χ0v) is 19.3. The molecule has 0 bridgehead atoms. The number of esters is 1. The summed E-state index contributed by atoms with van der Waals surface area (Å²) in [5.41, 5.74) is -1.07. The monoisotopic (exact) mass is 386 g/mol. The average Bonchev–Trinajstić information content (AvgIpc) is 2.39. The molecule has 0 aromatic rings. The summed E-state index contributed by atoms with van der Waals surface area (Å²) in [6.07, 6.45) is -0.513. The van der Waals surface area contributed by atoms with Gasteiger partial charge in [-0.3, -0.25) is 9.69 Å². The molecule has 6 heteroatoms. The van der Waals surface area contributed by atoms with Gasteiger partial charge in [-0.05, 0) is 68.2 Å². The molecule has 1 N–H and O–H groups in total. The highest BCUT2D eigenvalue weighted by Gasteiger charge is 2.34. The largest absolute Gasteiger partial charge is 0.458 e. The molecular weight excluding hydrogens is 344 g/mol. The van der Waals surface area contributed by atoms with Crippen molar-refractivity contribution in [3.8, 4) is 0 Å². The predicted molar refractivity (Wildman–Crippen MR) is 110 cm³/mol. The fourth-order valence-corrected chi connectivity index (χ4v) is 2.69. The Morgan fingerprint density at radius 1 is 0.926 bits per heavy atom. The number of nitrogens with one attached hydrogen (secondary N) is 1. The molecule has 0 aromatic heterocycles. The lowest BCUT2D eigenvalue weighted by Gasteiger charge is -2.33. The summed E-state index contributed by atoms with van der Waals surface area (Å²) in [6, 6.07) is -0.620. The molecule has 27 heavy (non-hydrogen) atoms. The van der Waals surface area contributed by atoms with Crippen LogP contribution in [0.3, 0.4) is 0 Å². The van der Waals surface area contributed by atoms with E-state index in [-0.39, 0.29) is 18.5 Å². The summed E-state index contributed by atoms with van der Waals surface area (Å²) in [5.74, 6) is -0.234. The number of rotatable bonds is 9. The molecule has 0 aliphatic rings. The van der Waals surface area contributed by atoms with Crippen LogP contribution in [0, 0.1) is 5.92 Å². The molecule has 2 unspecified atom stereocenters. The number of amides is 1. The Morgan fingerprint density at radius 2 is 1.44 bits per heavy atom. The minimum atomic E-state index is -0.857. The van der Waals surface area contributed by atoms with Gasteiger partial charge in [0.1, 0.15) is 5.60 Å². The molecule has 0 saturated heterocycles. The molecule has 0 heterocycles. The lowest BCUT2D eigenvalue weighted by atomic mass is 10.1. The first kappa shape index (κ1) is 25.9. The van der Waals surface area contributed by atoms with Crippen molar-refractivity contribution in [2.75, 3.05) is 13.1 Å². The number of carbonyl (C=O) groups is 2. The predicted octanol–water partition coefficient (Wildman–Crippen LogP) is 3.38. The van der Waals surface area contributed by atoms with Crippen LogP contribution in [0.5, 0.6) is 0 Å². The minimum absolute atomic E-state index is 0.204. The van der Waals surface area contributed by atoms with E-state index in [1.807, 2.05) is 41.5 Å². The number of hydrogen-bond acceptors (Lipinski definition) is 5. The van der Waals surface area contributed by atoms with Gasteiger partial charge in [-0.15, -0.1) is 0 Å². The van der Waals surface area contributed by atoms with E-state index in [0.29, 0.717) is 5.92 Å². The van der Waals surface area contributed by atoms with Gasteiger partial charge in [-0.1, -0.05) is 13.8 Å². The molecule has 0 aliphatic carbocycles. The number of hydrogen-bond donors (Lipinski definition) is 1. The fraction of sp³-hybridized carbons (Fsp3) is 0.905. The Morgan fingerprint density at radius 3 is 1.81 bits per heavy atom. The van der Waals surface area contributed by atoms with Crippen molar-refractivity contribution in [1.29, 1.82) is 0 Å². The van der Waals surface area contributed by atoms with E-state index in [1.165, 1.54) is 0 Å². The second-order valence-electron chi connectivity index (χ2n) is 9.93. The number of ether oxygens (including phenoxy) is 2. The molecule has 0 aromatic carbocycles. The van der Waals surface area contributed by atoms with Gasteiger partial charge in [-0.25, -0.2) is 4.79 Å². The van der Waals surface area contributed by atoms with Crippen LogP contribution < -0.4 is 5.32 Å². The van der Waals surface area contributed by atoms with Crippen LogP contribution in [0.15, 0.2) is 0 Å². The van der Waals surface area contributed by atoms with Crippen LogP contribution in [0.4, 0.5) is 0 Å². The van der Waals surface area contributed by atoms with Crippen LogP contribution in [0.2, 0.25) is 0 Å². The Kier molecular flexibility index (Phi) is 9.98. The Balaban J connectivity index is 5.26. The third-order valence-corrected chi connectivity index (χ3v) is 3.66. The highest BCUT2D eigenvalue weighted by atomic mass is 16.6. The van der Waals surface area contributed by atoms with E-state index in [2.05, 4.69) is 37.9 Å². The number of carbonyl (C=O) groups excluding carboxylic acids is 2. The standard InChI is InChI=1S/C21H42N2O4/c1-14(2)12-23(15(3)4)13-17(24)22-18(16(5)26-20(6,7)8)19(25)27-21(9,10)11/h14-16,18H,12-13H2,1-11H3,(H,22,24). The summed E-state index contributed by atoms with van der Waals surface area (Å²) in [7, 11) is 0. The summed E-state index contributed by atoms with van der Waals surface area (Å²) < 4.78 is 11.4. The molecule has 0 spiro atoms. The van der Waals surface area contributed by atoms with Crippen molar-refractivity contribution < 1.29 is 19.1 Å². The van der Waals surface area contributed by atoms with Crippen LogP contribution >= 0.6 is 0 Å². The first-order valence-electron chi connectivity index (χ1n) is 9.96. The van der Waals surface area contributed by atoms with Crippen LogP contribution in [-0.2, 0) is 19.1 Å². The molecule has 1 amide bonds. The molecule has 0 radical (unpaired) electrons. The molecule has 0 saturated carbocycles. The Hall–Kier alpha value is -1.14. The van der Waals surface area contributed by atoms with E-state index in [9.17, 15) is 9.59 Å². The summed E-state index contributed by atoms with van der Waals surface area (Å²) in [4.78, 5) is 27.5. The molecule has 0 rings (SSSR count). The third-order valence-electron chi connectivity index (χ3n) is 3.66. The molecule has 0 aliphatic heterocycles. The zero-order chi connectivity index (χ0) is 21.6. The lowest BCUT2D eigenvalue weighted by Crippen LogP contribution is -2.54. The summed E-state index contributed by atoms with van der Waals surface area (Å²) in [5, 5.41) is 2.84. The van der Waals surface area contributed by atoms with Gasteiger partial charge in [0, 0.05) is 12.6 Å². The van der Waals surface area contributed by atoms with Gasteiger partial charge in [0.2, 0.25) is 5.91 Å². The van der Waals surface area contributed by atoms with Crippen molar-refractivity contribution in [2.24, 2.45) is 5.92 Å². The Bertz CT molecular complexity index is 476. The third kappa shape index (κ3) is 12.0. The highest BCUT2D eigenvalue weighted by Crippen LogP contribution is 2.16. The van der Waals surface area contributed by atoms with Gasteiger partial charge >= 0.3 is 5.97 Å². The quantitative estimate of drug-likeness (QED) is 0.615. The summed E-state index contributed by atoms with van der Waals surface area (Å²) >= 11 is 0. The maximum absolute atomic E-state index is 12.7. The van der Waals surface area contributed by atoms with Crippen LogP contribution in [0.1, 0.15) is 76.2 Å². The van der Waals surface area contributed by atoms with Crippen molar-refractivity contribution in [1.82, 2.24) is 10.2 Å². The van der Waals surface area contributed by atoms with Crippen molar-refractivity contribution in [3.63, 3.8) is 0 Å². The lowest BCUT2D eigenvalue weighted by molar-refractivity contribution is -0.166. The van der Waals surface area contributed by atoms with E-state index in [4.69, 9.17) is 9.47 Å². The van der Waals surface area contributed by atoms with E-state index in [1.54, 1.807) is 6.92 Å². The van der Waals surface area contributed by atoms with Gasteiger partial charge in [0.15, 0.2) is 6.04 Å². The van der Waals surface area contributed by atoms with Crippen molar-refractivity contribution in [3.05, 3.63) is 0 Å². The first-order chi connectivity index (χ1) is 12.0. The second kappa shape index (κ2) is 10.4. The smallest absolute Gasteiger partial charge is 0.331 e. The van der Waals surface area contributed by atoms with Crippen molar-refractivity contribution >= 4 is 11.9 Å². The average molecular weight is 387 g/mol. The molecular formula is C21H42N2O4. The summed E-state index contributed by atoms with van der Waals surface area (Å²) in [6.45, 7) is 22.4. The van der Waals surface area contributed by atoms with E-state index in [0.717, 1.165) is 6.54 Å². The normalized spacial score (nSPS) is 15.2. The second-order valence-corrected chi connectivity index (χ2v) is 9.93. The van der Waals surface area contributed by atoms with Crippen molar-refractivity contribution in [2.45, 2.75) is 106 Å². The molecule has 2 atom stereocenters. The number of nitrogens with zero attached hydrogens (tertiary/aromatic N) is 1. The maximum Gasteiger partial charge on any atom is 0.331 e. The van der Waals surface area contributed by atoms with Gasteiger partial charge < -0.3 is 14.8 Å². The van der Waals surface area contributed by atoms with Gasteiger partial charge in [-0.2, -0.15) is 0 Å². The van der Waals surface area contributed by atoms with Gasteiger partial charge in [0.05, 0.1) is 18.2 Å². The minimum Gasteiger partial charge on any atom is -0.458 e. The molecule has 6 nitrogen and oxygen atoms in total. The highest BCUT2D eigenvalue weighted by molar-refractivity contribution is 5.86. The van der Waals surface area contributed by atoms with Gasteiger partial charge in [0.25, 0.3) is 0 Å². The molecule has 0 fully saturated rings. The first-order valence-corrected chi connectivity index (χ1v) is 9.96. The molecule has 160 valence electrons. The zero-order valence-electron chi connectivity index (χ0n) is 19.3. The van der Waals surface area contributed by atoms with Crippen LogP contribution in [0.25, 0.3) is 0 Å². The topological polar surface area (TPSA) is 67.9 Å². The van der Waals surface area contributed by atoms with E-state index >= 15 is 0 Å². The fourth-order valence-electron chi connectivity index (χ4n) is 2.69. The SMILES string of the molecule is CC(C)CN(CC(=O)NC(C(=O)OC(C)(C)C)C(C)OC(C)(C)C)C(C)C. The Labute approximate surface area is 166 Å². The van der Waals surface area contributed by atoms with Crippen LogP contribution in [-0.4, -0.2) is 59.3 Å². The maximum atomic E-state index is 12.7. The van der Waals surface area contributed by atoms with E-state index < -0.39 is 29.3 Å².